The second kappa shape index (κ2) is 6.91. The molecule has 1 aliphatic rings. The van der Waals surface area contributed by atoms with Gasteiger partial charge in [0.15, 0.2) is 11.5 Å². The number of rotatable bonds is 4. The number of fused-ring (bicyclic) bond motifs is 1. The smallest absolute Gasteiger partial charge is 0.256 e. The lowest BCUT2D eigenvalue weighted by atomic mass is 10.2. The van der Waals surface area contributed by atoms with Crippen molar-refractivity contribution < 1.29 is 23.0 Å². The first kappa shape index (κ1) is 16.8. The van der Waals surface area contributed by atoms with Crippen molar-refractivity contribution in [2.24, 2.45) is 0 Å². The molecule has 0 radical (unpaired) electrons. The number of nitrogens with zero attached hydrogens (tertiary/aromatic N) is 1. The van der Waals surface area contributed by atoms with Gasteiger partial charge in [0, 0.05) is 11.6 Å². The van der Waals surface area contributed by atoms with Crippen LogP contribution < -0.4 is 20.1 Å². The summed E-state index contributed by atoms with van der Waals surface area (Å²) in [4.78, 5) is 16.4. The predicted octanol–water partition coefficient (Wildman–Crippen LogP) is 4.08. The standard InChI is InChI=1S/C19H13F2N3O3/c20-12-2-4-15(14(21)8-12)23-13-3-6-18(22-9-13)24-19(25)11-1-5-16-17(7-11)27-10-26-16/h1-9,23H,10H2,(H,22,24,25). The number of hydrogen-bond acceptors (Lipinski definition) is 5. The monoisotopic (exact) mass is 369 g/mol. The number of benzene rings is 2. The van der Waals surface area contributed by atoms with Gasteiger partial charge in [0.05, 0.1) is 17.6 Å². The molecule has 6 nitrogen and oxygen atoms in total. The van der Waals surface area contributed by atoms with Crippen molar-refractivity contribution in [2.45, 2.75) is 0 Å². The molecule has 0 saturated heterocycles. The Bertz CT molecular complexity index is 1010. The molecule has 0 fully saturated rings. The van der Waals surface area contributed by atoms with E-state index in [1.54, 1.807) is 30.3 Å². The fourth-order valence-electron chi connectivity index (χ4n) is 2.51. The fourth-order valence-corrected chi connectivity index (χ4v) is 2.51. The van der Waals surface area contributed by atoms with E-state index in [1.807, 2.05) is 0 Å². The maximum atomic E-state index is 13.7. The predicted molar refractivity (Wildman–Crippen MR) is 94.4 cm³/mol. The summed E-state index contributed by atoms with van der Waals surface area (Å²) in [7, 11) is 0. The molecule has 0 aliphatic carbocycles. The molecule has 4 rings (SSSR count). The van der Waals surface area contributed by atoms with Crippen LogP contribution in [0.2, 0.25) is 0 Å². The third-order valence-corrected chi connectivity index (χ3v) is 3.85. The second-order valence-electron chi connectivity index (χ2n) is 5.70. The number of ether oxygens (including phenoxy) is 2. The normalized spacial score (nSPS) is 11.9. The molecule has 0 unspecified atom stereocenters. The van der Waals surface area contributed by atoms with Crippen molar-refractivity contribution >= 4 is 23.1 Å². The first-order valence-corrected chi connectivity index (χ1v) is 7.97. The van der Waals surface area contributed by atoms with Gasteiger partial charge in [-0.15, -0.1) is 0 Å². The molecule has 0 atom stereocenters. The Kier molecular flexibility index (Phi) is 4.29. The highest BCUT2D eigenvalue weighted by Crippen LogP contribution is 2.32. The number of anilines is 3. The zero-order chi connectivity index (χ0) is 18.8. The van der Waals surface area contributed by atoms with Crippen molar-refractivity contribution in [3.8, 4) is 11.5 Å². The highest BCUT2D eigenvalue weighted by atomic mass is 19.1. The number of halogens is 2. The van der Waals surface area contributed by atoms with Crippen LogP contribution in [0.1, 0.15) is 10.4 Å². The number of aromatic nitrogens is 1. The largest absolute Gasteiger partial charge is 0.454 e. The summed E-state index contributed by atoms with van der Waals surface area (Å²) in [5.74, 6) is -0.300. The number of pyridine rings is 1. The van der Waals surface area contributed by atoms with Crippen LogP contribution in [0, 0.1) is 11.6 Å². The van der Waals surface area contributed by atoms with Gasteiger partial charge in [-0.3, -0.25) is 4.79 Å². The summed E-state index contributed by atoms with van der Waals surface area (Å²) in [6.45, 7) is 0.130. The lowest BCUT2D eigenvalue weighted by Gasteiger charge is -2.09. The minimum Gasteiger partial charge on any atom is -0.454 e. The first-order chi connectivity index (χ1) is 13.1. The molecular formula is C19H13F2N3O3. The topological polar surface area (TPSA) is 72.5 Å². The molecule has 0 saturated carbocycles. The van der Waals surface area contributed by atoms with Crippen LogP contribution in [0.25, 0.3) is 0 Å². The van der Waals surface area contributed by atoms with E-state index >= 15 is 0 Å². The number of carbonyl (C=O) groups is 1. The van der Waals surface area contributed by atoms with E-state index in [0.29, 0.717) is 28.6 Å². The summed E-state index contributed by atoms with van der Waals surface area (Å²) in [6.07, 6.45) is 1.43. The highest BCUT2D eigenvalue weighted by Gasteiger charge is 2.16. The quantitative estimate of drug-likeness (QED) is 0.725. The Morgan fingerprint density at radius 1 is 1.00 bits per heavy atom. The molecular weight excluding hydrogens is 356 g/mol. The minimum absolute atomic E-state index is 0.121. The number of hydrogen-bond donors (Lipinski definition) is 2. The zero-order valence-electron chi connectivity index (χ0n) is 13.8. The van der Waals surface area contributed by atoms with Gasteiger partial charge in [0.2, 0.25) is 6.79 Å². The van der Waals surface area contributed by atoms with Crippen LogP contribution in [0.5, 0.6) is 11.5 Å². The Morgan fingerprint density at radius 2 is 1.85 bits per heavy atom. The Balaban J connectivity index is 1.43. The number of amides is 1. The average Bonchev–Trinajstić information content (AvgIpc) is 3.13. The first-order valence-electron chi connectivity index (χ1n) is 7.97. The molecule has 0 spiro atoms. The van der Waals surface area contributed by atoms with Gasteiger partial charge >= 0.3 is 0 Å². The number of nitrogens with one attached hydrogen (secondary N) is 2. The third kappa shape index (κ3) is 3.64. The average molecular weight is 369 g/mol. The Hall–Kier alpha value is -3.68. The van der Waals surface area contributed by atoms with Gasteiger partial charge in [-0.2, -0.15) is 0 Å². The molecule has 2 heterocycles. The van der Waals surface area contributed by atoms with Crippen LogP contribution in [0.4, 0.5) is 26.0 Å². The molecule has 8 heteroatoms. The summed E-state index contributed by atoms with van der Waals surface area (Å²) < 4.78 is 37.1. The lowest BCUT2D eigenvalue weighted by molar-refractivity contribution is 0.102. The van der Waals surface area contributed by atoms with E-state index in [9.17, 15) is 13.6 Å². The van der Waals surface area contributed by atoms with E-state index in [-0.39, 0.29) is 18.4 Å². The fraction of sp³-hybridized carbons (Fsp3) is 0.0526. The molecule has 2 aromatic carbocycles. The molecule has 136 valence electrons. The van der Waals surface area contributed by atoms with Gasteiger partial charge in [0.1, 0.15) is 17.5 Å². The van der Waals surface area contributed by atoms with E-state index in [4.69, 9.17) is 9.47 Å². The van der Waals surface area contributed by atoms with Gasteiger partial charge in [-0.05, 0) is 42.5 Å². The maximum absolute atomic E-state index is 13.7. The molecule has 0 bridgehead atoms. The van der Waals surface area contributed by atoms with Crippen LogP contribution in [0.3, 0.4) is 0 Å². The number of carbonyl (C=O) groups excluding carboxylic acids is 1. The van der Waals surface area contributed by atoms with Crippen LogP contribution in [0.15, 0.2) is 54.7 Å². The van der Waals surface area contributed by atoms with E-state index < -0.39 is 11.6 Å². The van der Waals surface area contributed by atoms with Crippen molar-refractivity contribution in [3.05, 3.63) is 71.9 Å². The molecule has 1 amide bonds. The van der Waals surface area contributed by atoms with Gasteiger partial charge in [0.25, 0.3) is 5.91 Å². The maximum Gasteiger partial charge on any atom is 0.256 e. The molecule has 1 aliphatic heterocycles. The second-order valence-corrected chi connectivity index (χ2v) is 5.70. The van der Waals surface area contributed by atoms with E-state index in [0.717, 1.165) is 12.1 Å². The summed E-state index contributed by atoms with van der Waals surface area (Å²) in [6, 6.07) is 11.3. The van der Waals surface area contributed by atoms with Gasteiger partial charge < -0.3 is 20.1 Å². The van der Waals surface area contributed by atoms with E-state index in [1.165, 1.54) is 12.3 Å². The summed E-state index contributed by atoms with van der Waals surface area (Å²) >= 11 is 0. The van der Waals surface area contributed by atoms with Crippen molar-refractivity contribution in [2.75, 3.05) is 17.4 Å². The van der Waals surface area contributed by atoms with Crippen LogP contribution >= 0.6 is 0 Å². The van der Waals surface area contributed by atoms with E-state index in [2.05, 4.69) is 15.6 Å². The van der Waals surface area contributed by atoms with Gasteiger partial charge in [-0.25, -0.2) is 13.8 Å². The Morgan fingerprint density at radius 3 is 2.63 bits per heavy atom. The molecule has 3 aromatic rings. The van der Waals surface area contributed by atoms with Crippen molar-refractivity contribution in [1.29, 1.82) is 0 Å². The minimum atomic E-state index is -0.713. The molecule has 1 aromatic heterocycles. The lowest BCUT2D eigenvalue weighted by Crippen LogP contribution is -2.12. The van der Waals surface area contributed by atoms with Crippen LogP contribution in [-0.4, -0.2) is 17.7 Å². The SMILES string of the molecule is O=C(Nc1ccc(Nc2ccc(F)cc2F)cn1)c1ccc2c(c1)OCO2. The summed E-state index contributed by atoms with van der Waals surface area (Å²) in [5, 5.41) is 5.45. The Labute approximate surface area is 152 Å². The van der Waals surface area contributed by atoms with Crippen molar-refractivity contribution in [1.82, 2.24) is 4.98 Å². The third-order valence-electron chi connectivity index (χ3n) is 3.85. The van der Waals surface area contributed by atoms with Gasteiger partial charge in [-0.1, -0.05) is 0 Å². The molecule has 2 N–H and O–H groups in total. The summed E-state index contributed by atoms with van der Waals surface area (Å²) in [5.41, 5.74) is 1.01. The highest BCUT2D eigenvalue weighted by molar-refractivity contribution is 6.04. The van der Waals surface area contributed by atoms with Crippen LogP contribution in [-0.2, 0) is 0 Å². The van der Waals surface area contributed by atoms with Crippen molar-refractivity contribution in [3.63, 3.8) is 0 Å². The zero-order valence-corrected chi connectivity index (χ0v) is 13.8. The molecule has 27 heavy (non-hydrogen) atoms.